The molecule has 0 saturated heterocycles. The number of halogens is 3. The van der Waals surface area contributed by atoms with Gasteiger partial charge in [0.15, 0.2) is 0 Å². The second kappa shape index (κ2) is 9.30. The molecule has 0 saturated carbocycles. The Morgan fingerprint density at radius 2 is 1.71 bits per heavy atom. The summed E-state index contributed by atoms with van der Waals surface area (Å²) in [6, 6.07) is 11.6. The first kappa shape index (κ1) is 21.8. The molecule has 0 aliphatic rings. The predicted molar refractivity (Wildman–Crippen MR) is 109 cm³/mol. The van der Waals surface area contributed by atoms with Crippen LogP contribution in [-0.4, -0.2) is 23.0 Å². The number of carbonyl (C=O) groups excluding carboxylic acids is 1. The van der Waals surface area contributed by atoms with Crippen LogP contribution in [-0.2, 0) is 17.5 Å². The Labute approximate surface area is 177 Å². The average Bonchev–Trinajstić information content (AvgIpc) is 2.76. The molecular formula is C23H18F3N3O2. The number of nitrogens with one attached hydrogen (secondary N) is 1. The number of anilines is 1. The van der Waals surface area contributed by atoms with E-state index in [2.05, 4.69) is 31.9 Å². The summed E-state index contributed by atoms with van der Waals surface area (Å²) in [5.41, 5.74) is 2.27. The van der Waals surface area contributed by atoms with Crippen LogP contribution in [0, 0.1) is 18.8 Å². The van der Waals surface area contributed by atoms with Gasteiger partial charge in [-0.3, -0.25) is 0 Å². The lowest BCUT2D eigenvalue weighted by Gasteiger charge is -2.09. The number of alkyl halides is 3. The number of rotatable bonds is 4. The summed E-state index contributed by atoms with van der Waals surface area (Å²) >= 11 is 0. The van der Waals surface area contributed by atoms with E-state index >= 15 is 0 Å². The number of carbonyl (C=O) groups is 1. The van der Waals surface area contributed by atoms with E-state index in [1.807, 2.05) is 0 Å². The highest BCUT2D eigenvalue weighted by Gasteiger charge is 2.29. The fraction of sp³-hybridized carbons (Fsp3) is 0.174. The standard InChI is InChI=1S/C23H18F3N3O2/c1-15-20(12-7-16-5-10-19(11-6-16)23(24,25)26)21(29-14-28-15)27-13-17-3-8-18(9-4-17)22(30)31-2/h3-6,8-11,14H,13H2,1-2H3,(H,27,28,29). The van der Waals surface area contributed by atoms with Gasteiger partial charge in [-0.25, -0.2) is 14.8 Å². The van der Waals surface area contributed by atoms with E-state index in [4.69, 9.17) is 0 Å². The van der Waals surface area contributed by atoms with Gasteiger partial charge >= 0.3 is 12.1 Å². The Hall–Kier alpha value is -3.86. The highest BCUT2D eigenvalue weighted by atomic mass is 19.4. The van der Waals surface area contributed by atoms with Crippen LogP contribution in [0.2, 0.25) is 0 Å². The first-order chi connectivity index (χ1) is 14.8. The van der Waals surface area contributed by atoms with Crippen LogP contribution in [0.5, 0.6) is 0 Å². The first-order valence-corrected chi connectivity index (χ1v) is 9.20. The summed E-state index contributed by atoms with van der Waals surface area (Å²) in [5.74, 6) is 5.89. The largest absolute Gasteiger partial charge is 0.465 e. The van der Waals surface area contributed by atoms with Crippen LogP contribution in [0.25, 0.3) is 0 Å². The maximum Gasteiger partial charge on any atom is 0.416 e. The molecule has 0 unspecified atom stereocenters. The molecule has 0 atom stereocenters. The molecule has 1 N–H and O–H groups in total. The van der Waals surface area contributed by atoms with Crippen LogP contribution in [0.1, 0.15) is 38.3 Å². The van der Waals surface area contributed by atoms with Crippen molar-refractivity contribution in [3.05, 3.63) is 88.4 Å². The Balaban J connectivity index is 1.77. The molecule has 3 rings (SSSR count). The number of methoxy groups -OCH3 is 1. The molecule has 158 valence electrons. The molecule has 0 aliphatic heterocycles. The van der Waals surface area contributed by atoms with E-state index in [0.29, 0.717) is 34.7 Å². The van der Waals surface area contributed by atoms with Crippen LogP contribution < -0.4 is 5.32 Å². The maximum atomic E-state index is 12.7. The lowest BCUT2D eigenvalue weighted by atomic mass is 10.1. The smallest absolute Gasteiger partial charge is 0.416 e. The summed E-state index contributed by atoms with van der Waals surface area (Å²) in [4.78, 5) is 19.9. The van der Waals surface area contributed by atoms with E-state index < -0.39 is 17.7 Å². The predicted octanol–water partition coefficient (Wildman–Crippen LogP) is 4.60. The number of hydrogen-bond donors (Lipinski definition) is 1. The maximum absolute atomic E-state index is 12.7. The number of aromatic nitrogens is 2. The van der Waals surface area contributed by atoms with Crippen molar-refractivity contribution in [3.63, 3.8) is 0 Å². The average molecular weight is 425 g/mol. The third-order valence-corrected chi connectivity index (χ3v) is 4.42. The highest BCUT2D eigenvalue weighted by molar-refractivity contribution is 5.89. The summed E-state index contributed by atoms with van der Waals surface area (Å²) in [5, 5.41) is 3.18. The summed E-state index contributed by atoms with van der Waals surface area (Å²) < 4.78 is 42.8. The zero-order valence-electron chi connectivity index (χ0n) is 16.7. The minimum Gasteiger partial charge on any atom is -0.465 e. The molecule has 0 spiro atoms. The lowest BCUT2D eigenvalue weighted by molar-refractivity contribution is -0.137. The van der Waals surface area contributed by atoms with Crippen LogP contribution in [0.4, 0.5) is 19.0 Å². The van der Waals surface area contributed by atoms with Gasteiger partial charge in [-0.15, -0.1) is 0 Å². The van der Waals surface area contributed by atoms with E-state index in [1.165, 1.54) is 25.6 Å². The second-order valence-corrected chi connectivity index (χ2v) is 6.55. The van der Waals surface area contributed by atoms with Crippen molar-refractivity contribution >= 4 is 11.8 Å². The number of esters is 1. The van der Waals surface area contributed by atoms with Gasteiger partial charge in [0.25, 0.3) is 0 Å². The second-order valence-electron chi connectivity index (χ2n) is 6.55. The minimum atomic E-state index is -4.39. The van der Waals surface area contributed by atoms with E-state index in [9.17, 15) is 18.0 Å². The molecule has 31 heavy (non-hydrogen) atoms. The number of aryl methyl sites for hydroxylation is 1. The molecule has 0 bridgehead atoms. The van der Waals surface area contributed by atoms with Crippen molar-refractivity contribution in [2.75, 3.05) is 12.4 Å². The molecule has 0 radical (unpaired) electrons. The quantitative estimate of drug-likeness (QED) is 0.489. The SMILES string of the molecule is COC(=O)c1ccc(CNc2ncnc(C)c2C#Cc2ccc(C(F)(F)F)cc2)cc1. The van der Waals surface area contributed by atoms with Crippen molar-refractivity contribution in [3.8, 4) is 11.8 Å². The van der Waals surface area contributed by atoms with Gasteiger partial charge in [-0.1, -0.05) is 24.0 Å². The number of nitrogens with zero attached hydrogens (tertiary/aromatic N) is 2. The Bertz CT molecular complexity index is 1130. The Morgan fingerprint density at radius 3 is 2.32 bits per heavy atom. The molecule has 3 aromatic rings. The number of ether oxygens (including phenoxy) is 1. The molecule has 1 aromatic heterocycles. The zero-order chi connectivity index (χ0) is 22.4. The molecule has 0 fully saturated rings. The molecule has 2 aromatic carbocycles. The van der Waals surface area contributed by atoms with Crippen LogP contribution in [0.3, 0.4) is 0 Å². The number of hydrogen-bond acceptors (Lipinski definition) is 5. The molecule has 8 heteroatoms. The fourth-order valence-electron chi connectivity index (χ4n) is 2.70. The van der Waals surface area contributed by atoms with Crippen molar-refractivity contribution in [1.82, 2.24) is 9.97 Å². The first-order valence-electron chi connectivity index (χ1n) is 9.20. The normalized spacial score (nSPS) is 10.7. The van der Waals surface area contributed by atoms with Crippen LogP contribution >= 0.6 is 0 Å². The van der Waals surface area contributed by atoms with Gasteiger partial charge in [-0.2, -0.15) is 13.2 Å². The highest BCUT2D eigenvalue weighted by Crippen LogP contribution is 2.29. The fourth-order valence-corrected chi connectivity index (χ4v) is 2.70. The number of benzene rings is 2. The van der Waals surface area contributed by atoms with Crippen LogP contribution in [0.15, 0.2) is 54.9 Å². The topological polar surface area (TPSA) is 64.1 Å². The van der Waals surface area contributed by atoms with E-state index in [0.717, 1.165) is 17.7 Å². The van der Waals surface area contributed by atoms with Gasteiger partial charge in [0.2, 0.25) is 0 Å². The molecule has 0 aliphatic carbocycles. The zero-order valence-corrected chi connectivity index (χ0v) is 16.7. The monoisotopic (exact) mass is 425 g/mol. The van der Waals surface area contributed by atoms with Crippen molar-refractivity contribution in [2.24, 2.45) is 0 Å². The van der Waals surface area contributed by atoms with Gasteiger partial charge < -0.3 is 10.1 Å². The van der Waals surface area contributed by atoms with Gasteiger partial charge in [0, 0.05) is 12.1 Å². The molecule has 0 amide bonds. The lowest BCUT2D eigenvalue weighted by Crippen LogP contribution is -2.06. The van der Waals surface area contributed by atoms with Gasteiger partial charge in [-0.05, 0) is 48.9 Å². The Morgan fingerprint density at radius 1 is 1.03 bits per heavy atom. The summed E-state index contributed by atoms with van der Waals surface area (Å²) in [7, 11) is 1.32. The van der Waals surface area contributed by atoms with Gasteiger partial charge in [0.1, 0.15) is 12.1 Å². The van der Waals surface area contributed by atoms with Crippen molar-refractivity contribution in [2.45, 2.75) is 19.6 Å². The van der Waals surface area contributed by atoms with Crippen molar-refractivity contribution < 1.29 is 22.7 Å². The van der Waals surface area contributed by atoms with E-state index in [1.54, 1.807) is 31.2 Å². The molecule has 1 heterocycles. The third-order valence-electron chi connectivity index (χ3n) is 4.42. The molecular weight excluding hydrogens is 407 g/mol. The Kier molecular flexibility index (Phi) is 6.55. The van der Waals surface area contributed by atoms with Gasteiger partial charge in [0.05, 0.1) is 29.5 Å². The van der Waals surface area contributed by atoms with E-state index in [-0.39, 0.29) is 0 Å². The van der Waals surface area contributed by atoms with Crippen molar-refractivity contribution in [1.29, 1.82) is 0 Å². The summed E-state index contributed by atoms with van der Waals surface area (Å²) in [6.45, 7) is 2.20. The minimum absolute atomic E-state index is 0.410. The third kappa shape index (κ3) is 5.60. The molecule has 5 nitrogen and oxygen atoms in total. The summed E-state index contributed by atoms with van der Waals surface area (Å²) in [6.07, 6.45) is -2.98.